The van der Waals surface area contributed by atoms with E-state index in [9.17, 15) is 21.6 Å². The van der Waals surface area contributed by atoms with Crippen molar-refractivity contribution in [3.8, 4) is 0 Å². The SMILES string of the molecule is Cc1cc2[nH]c(=O)oc2cc1S(=O)(=O)Nc1ccc(S(N)(=O)=O)cc1. The van der Waals surface area contributed by atoms with Gasteiger partial charge in [-0.05, 0) is 42.8 Å². The van der Waals surface area contributed by atoms with E-state index in [1.807, 2.05) is 0 Å². The molecule has 0 radical (unpaired) electrons. The largest absolute Gasteiger partial charge is 0.417 e. The zero-order chi connectivity index (χ0) is 18.4. The number of rotatable bonds is 4. The Morgan fingerprint density at radius 3 is 2.32 bits per heavy atom. The molecule has 1 heterocycles. The summed E-state index contributed by atoms with van der Waals surface area (Å²) in [6, 6.07) is 7.66. The fraction of sp³-hybridized carbons (Fsp3) is 0.0714. The zero-order valence-corrected chi connectivity index (χ0v) is 14.4. The predicted octanol–water partition coefficient (Wildman–Crippen LogP) is 0.878. The highest BCUT2D eigenvalue weighted by Crippen LogP contribution is 2.24. The van der Waals surface area contributed by atoms with E-state index in [2.05, 4.69) is 9.71 Å². The lowest BCUT2D eigenvalue weighted by Crippen LogP contribution is -2.15. The number of nitrogens with two attached hydrogens (primary N) is 1. The van der Waals surface area contributed by atoms with Gasteiger partial charge in [0.25, 0.3) is 10.0 Å². The summed E-state index contributed by atoms with van der Waals surface area (Å²) < 4.78 is 54.8. The molecule has 0 unspecified atom stereocenters. The Bertz CT molecular complexity index is 1220. The van der Waals surface area contributed by atoms with Crippen LogP contribution >= 0.6 is 0 Å². The second-order valence-electron chi connectivity index (χ2n) is 5.30. The standard InChI is InChI=1S/C14H13N3O6S2/c1-8-6-11-12(23-14(18)16-11)7-13(8)25(21,22)17-9-2-4-10(5-3-9)24(15,19)20/h2-7,17H,1H3,(H,16,18)(H2,15,19,20). The Kier molecular flexibility index (Phi) is 3.94. The molecule has 2 aromatic carbocycles. The Morgan fingerprint density at radius 1 is 1.08 bits per heavy atom. The smallest absolute Gasteiger partial charge is 0.408 e. The number of primary sulfonamides is 1. The fourth-order valence-electron chi connectivity index (χ4n) is 2.30. The molecule has 11 heteroatoms. The summed E-state index contributed by atoms with van der Waals surface area (Å²) in [5.74, 6) is -0.685. The van der Waals surface area contributed by atoms with Gasteiger partial charge in [0.05, 0.1) is 15.3 Å². The van der Waals surface area contributed by atoms with Gasteiger partial charge >= 0.3 is 5.76 Å². The summed E-state index contributed by atoms with van der Waals surface area (Å²) >= 11 is 0. The minimum absolute atomic E-state index is 0.0710. The molecule has 0 aliphatic carbocycles. The lowest BCUT2D eigenvalue weighted by atomic mass is 10.2. The number of fused-ring (bicyclic) bond motifs is 1. The summed E-state index contributed by atoms with van der Waals surface area (Å²) in [4.78, 5) is 13.5. The van der Waals surface area contributed by atoms with Gasteiger partial charge in [-0.15, -0.1) is 0 Å². The molecule has 0 saturated heterocycles. The van der Waals surface area contributed by atoms with Crippen molar-refractivity contribution in [2.45, 2.75) is 16.7 Å². The van der Waals surface area contributed by atoms with E-state index < -0.39 is 25.8 Å². The zero-order valence-electron chi connectivity index (χ0n) is 12.8. The Morgan fingerprint density at radius 2 is 1.72 bits per heavy atom. The molecule has 1 aromatic heterocycles. The second-order valence-corrected chi connectivity index (χ2v) is 8.52. The van der Waals surface area contributed by atoms with Crippen molar-refractivity contribution in [1.82, 2.24) is 4.98 Å². The molecule has 25 heavy (non-hydrogen) atoms. The molecule has 3 aromatic rings. The van der Waals surface area contributed by atoms with E-state index in [1.165, 1.54) is 36.4 Å². The maximum atomic E-state index is 12.6. The first-order valence-electron chi connectivity index (χ1n) is 6.85. The van der Waals surface area contributed by atoms with Gasteiger partial charge in [0, 0.05) is 11.8 Å². The molecule has 9 nitrogen and oxygen atoms in total. The van der Waals surface area contributed by atoms with Crippen molar-refractivity contribution in [2.24, 2.45) is 5.14 Å². The highest BCUT2D eigenvalue weighted by atomic mass is 32.2. The van der Waals surface area contributed by atoms with Gasteiger partial charge in [-0.2, -0.15) is 0 Å². The average molecular weight is 383 g/mol. The van der Waals surface area contributed by atoms with Crippen LogP contribution in [0.1, 0.15) is 5.56 Å². The number of aryl methyl sites for hydroxylation is 1. The lowest BCUT2D eigenvalue weighted by molar-refractivity contribution is 0.554. The monoisotopic (exact) mass is 383 g/mol. The summed E-state index contributed by atoms with van der Waals surface area (Å²) in [7, 11) is -7.85. The molecule has 0 bridgehead atoms. The van der Waals surface area contributed by atoms with Gasteiger partial charge in [0.1, 0.15) is 0 Å². The van der Waals surface area contributed by atoms with E-state index in [-0.39, 0.29) is 21.1 Å². The van der Waals surface area contributed by atoms with E-state index in [0.717, 1.165) is 0 Å². The summed E-state index contributed by atoms with van der Waals surface area (Å²) in [6.07, 6.45) is 0. The number of aromatic amines is 1. The van der Waals surface area contributed by atoms with Crippen LogP contribution in [-0.4, -0.2) is 21.8 Å². The van der Waals surface area contributed by atoms with Crippen molar-refractivity contribution in [3.05, 3.63) is 52.5 Å². The van der Waals surface area contributed by atoms with E-state index in [1.54, 1.807) is 6.92 Å². The summed E-state index contributed by atoms with van der Waals surface area (Å²) in [5.41, 5.74) is 1.06. The lowest BCUT2D eigenvalue weighted by Gasteiger charge is -2.10. The predicted molar refractivity (Wildman–Crippen MR) is 90.2 cm³/mol. The normalized spacial score (nSPS) is 12.4. The van der Waals surface area contributed by atoms with Crippen molar-refractivity contribution < 1.29 is 21.3 Å². The van der Waals surface area contributed by atoms with Crippen LogP contribution in [0.4, 0.5) is 5.69 Å². The van der Waals surface area contributed by atoms with Gasteiger partial charge in [0.15, 0.2) is 5.58 Å². The van der Waals surface area contributed by atoms with Crippen LogP contribution in [0.2, 0.25) is 0 Å². The average Bonchev–Trinajstić information content (AvgIpc) is 2.84. The molecule has 3 rings (SSSR count). The maximum Gasteiger partial charge on any atom is 0.417 e. The minimum atomic E-state index is -3.98. The molecular weight excluding hydrogens is 370 g/mol. The molecule has 0 saturated carbocycles. The fourth-order valence-corrected chi connectivity index (χ4v) is 4.12. The number of anilines is 1. The quantitative estimate of drug-likeness (QED) is 0.608. The first-order chi connectivity index (χ1) is 11.6. The van der Waals surface area contributed by atoms with Gasteiger partial charge in [-0.1, -0.05) is 0 Å². The Hall–Kier alpha value is -2.63. The number of hydrogen-bond donors (Lipinski definition) is 3. The minimum Gasteiger partial charge on any atom is -0.408 e. The highest BCUT2D eigenvalue weighted by molar-refractivity contribution is 7.92. The molecule has 132 valence electrons. The van der Waals surface area contributed by atoms with Crippen LogP contribution in [0.25, 0.3) is 11.1 Å². The molecule has 0 amide bonds. The molecule has 0 spiro atoms. The first kappa shape index (κ1) is 17.2. The summed E-state index contributed by atoms with van der Waals surface area (Å²) in [6.45, 7) is 1.57. The van der Waals surface area contributed by atoms with Crippen molar-refractivity contribution in [2.75, 3.05) is 4.72 Å². The maximum absolute atomic E-state index is 12.6. The number of H-pyrrole nitrogens is 1. The topological polar surface area (TPSA) is 152 Å². The number of benzene rings is 2. The van der Waals surface area contributed by atoms with Crippen LogP contribution in [0, 0.1) is 6.92 Å². The van der Waals surface area contributed by atoms with E-state index >= 15 is 0 Å². The van der Waals surface area contributed by atoms with Gasteiger partial charge in [0.2, 0.25) is 10.0 Å². The van der Waals surface area contributed by atoms with Crippen LogP contribution in [0.3, 0.4) is 0 Å². The van der Waals surface area contributed by atoms with Crippen LogP contribution in [0.15, 0.2) is 55.4 Å². The number of nitrogens with one attached hydrogen (secondary N) is 2. The molecule has 4 N–H and O–H groups in total. The number of aromatic nitrogens is 1. The van der Waals surface area contributed by atoms with E-state index in [4.69, 9.17) is 9.56 Å². The van der Waals surface area contributed by atoms with Crippen molar-refractivity contribution in [1.29, 1.82) is 0 Å². The third kappa shape index (κ3) is 3.43. The van der Waals surface area contributed by atoms with Gasteiger partial charge in [-0.3, -0.25) is 9.71 Å². The van der Waals surface area contributed by atoms with Gasteiger partial charge in [-0.25, -0.2) is 26.8 Å². The molecule has 0 aliphatic rings. The summed E-state index contributed by atoms with van der Waals surface area (Å²) in [5, 5.41) is 4.99. The number of oxazole rings is 1. The Labute approximate surface area is 142 Å². The first-order valence-corrected chi connectivity index (χ1v) is 9.88. The number of hydrogen-bond acceptors (Lipinski definition) is 6. The molecule has 0 aliphatic heterocycles. The van der Waals surface area contributed by atoms with Crippen LogP contribution < -0.4 is 15.6 Å². The molecule has 0 fully saturated rings. The third-order valence-corrected chi connectivity index (χ3v) is 5.89. The number of sulfonamides is 2. The highest BCUT2D eigenvalue weighted by Gasteiger charge is 2.19. The molecular formula is C14H13N3O6S2. The van der Waals surface area contributed by atoms with Crippen LogP contribution in [0.5, 0.6) is 0 Å². The van der Waals surface area contributed by atoms with Crippen molar-refractivity contribution >= 4 is 36.8 Å². The third-order valence-electron chi connectivity index (χ3n) is 3.44. The van der Waals surface area contributed by atoms with Crippen LogP contribution in [-0.2, 0) is 20.0 Å². The molecule has 0 atom stereocenters. The van der Waals surface area contributed by atoms with Crippen molar-refractivity contribution in [3.63, 3.8) is 0 Å². The second kappa shape index (κ2) is 5.72. The van der Waals surface area contributed by atoms with E-state index in [0.29, 0.717) is 11.1 Å². The Balaban J connectivity index is 1.99. The van der Waals surface area contributed by atoms with Gasteiger partial charge < -0.3 is 4.42 Å².